The minimum absolute atomic E-state index is 0.201. The largest absolute Gasteiger partial charge is 0.462 e. The molecule has 2 heterocycles. The van der Waals surface area contributed by atoms with Gasteiger partial charge in [-0.15, -0.1) is 11.3 Å². The van der Waals surface area contributed by atoms with E-state index in [9.17, 15) is 14.4 Å². The third-order valence-electron chi connectivity index (χ3n) is 4.15. The van der Waals surface area contributed by atoms with Gasteiger partial charge >= 0.3 is 5.97 Å². The van der Waals surface area contributed by atoms with Crippen LogP contribution in [0.4, 0.5) is 5.69 Å². The summed E-state index contributed by atoms with van der Waals surface area (Å²) in [6, 6.07) is 5.12. The Hall–Kier alpha value is -2.71. The maximum absolute atomic E-state index is 12.8. The van der Waals surface area contributed by atoms with Crippen molar-refractivity contribution in [3.63, 3.8) is 0 Å². The number of fused-ring (bicyclic) bond motifs is 1. The van der Waals surface area contributed by atoms with E-state index in [4.69, 9.17) is 16.3 Å². The first-order chi connectivity index (χ1) is 13.3. The average Bonchev–Trinajstić information content (AvgIpc) is 2.97. The molecule has 0 aliphatic carbocycles. The van der Waals surface area contributed by atoms with Gasteiger partial charge in [0.1, 0.15) is 16.3 Å². The molecule has 0 fully saturated rings. The number of aromatic nitrogens is 2. The number of hydrogen-bond acceptors (Lipinski definition) is 6. The number of nitrogens with zero attached hydrogens (tertiary/aromatic N) is 2. The molecule has 0 bridgehead atoms. The smallest absolute Gasteiger partial charge is 0.348 e. The predicted molar refractivity (Wildman–Crippen MR) is 109 cm³/mol. The van der Waals surface area contributed by atoms with Gasteiger partial charge in [0.15, 0.2) is 0 Å². The molecule has 1 amide bonds. The molecule has 0 saturated carbocycles. The highest BCUT2D eigenvalue weighted by atomic mass is 35.5. The van der Waals surface area contributed by atoms with E-state index in [1.807, 2.05) is 6.92 Å². The molecule has 0 atom stereocenters. The first-order valence-electron chi connectivity index (χ1n) is 8.53. The summed E-state index contributed by atoms with van der Waals surface area (Å²) in [5.74, 6) is -0.850. The fourth-order valence-corrected chi connectivity index (χ4v) is 4.03. The highest BCUT2D eigenvalue weighted by Gasteiger charge is 2.20. The summed E-state index contributed by atoms with van der Waals surface area (Å²) in [7, 11) is 0. The first-order valence-corrected chi connectivity index (χ1v) is 9.73. The van der Waals surface area contributed by atoms with E-state index < -0.39 is 5.97 Å². The number of amides is 1. The molecule has 0 unspecified atom stereocenters. The normalized spacial score (nSPS) is 10.9. The zero-order valence-corrected chi connectivity index (χ0v) is 17.1. The molecule has 0 radical (unpaired) electrons. The van der Waals surface area contributed by atoms with Crippen LogP contribution in [0.2, 0.25) is 5.02 Å². The maximum Gasteiger partial charge on any atom is 0.348 e. The van der Waals surface area contributed by atoms with Crippen molar-refractivity contribution in [3.8, 4) is 0 Å². The zero-order chi connectivity index (χ0) is 20.4. The summed E-state index contributed by atoms with van der Waals surface area (Å²) in [4.78, 5) is 42.3. The zero-order valence-electron chi connectivity index (χ0n) is 15.5. The highest BCUT2D eigenvalue weighted by molar-refractivity contribution is 7.20. The van der Waals surface area contributed by atoms with E-state index >= 15 is 0 Å². The van der Waals surface area contributed by atoms with Crippen molar-refractivity contribution in [1.29, 1.82) is 0 Å². The minimum atomic E-state index is -0.482. The van der Waals surface area contributed by atoms with Gasteiger partial charge in [0.05, 0.1) is 18.3 Å². The Balaban J connectivity index is 1.88. The van der Waals surface area contributed by atoms with Gasteiger partial charge in [-0.3, -0.25) is 14.2 Å². The van der Waals surface area contributed by atoms with Crippen LogP contribution in [0.5, 0.6) is 0 Å². The number of nitrogens with one attached hydrogen (secondary N) is 1. The van der Waals surface area contributed by atoms with Crippen molar-refractivity contribution in [3.05, 3.63) is 55.9 Å². The first kappa shape index (κ1) is 20.0. The number of thiophene rings is 1. The lowest BCUT2D eigenvalue weighted by atomic mass is 10.2. The van der Waals surface area contributed by atoms with Gasteiger partial charge < -0.3 is 10.1 Å². The molecule has 0 spiro atoms. The van der Waals surface area contributed by atoms with Gasteiger partial charge in [0.2, 0.25) is 5.91 Å². The molecule has 3 aromatic rings. The van der Waals surface area contributed by atoms with Crippen molar-refractivity contribution >= 4 is 50.7 Å². The monoisotopic (exact) mass is 419 g/mol. The summed E-state index contributed by atoms with van der Waals surface area (Å²) < 4.78 is 6.24. The van der Waals surface area contributed by atoms with E-state index in [1.54, 1.807) is 32.0 Å². The van der Waals surface area contributed by atoms with Gasteiger partial charge in [0.25, 0.3) is 5.56 Å². The number of anilines is 1. The number of carbonyl (C=O) groups excluding carboxylic acids is 2. The van der Waals surface area contributed by atoms with Crippen molar-refractivity contribution < 1.29 is 14.3 Å². The van der Waals surface area contributed by atoms with Gasteiger partial charge in [-0.2, -0.15) is 0 Å². The fraction of sp³-hybridized carbons (Fsp3) is 0.263. The van der Waals surface area contributed by atoms with E-state index in [1.165, 1.54) is 10.9 Å². The molecule has 9 heteroatoms. The van der Waals surface area contributed by atoms with Crippen LogP contribution in [-0.4, -0.2) is 28.0 Å². The number of esters is 1. The number of hydrogen-bond donors (Lipinski definition) is 1. The van der Waals surface area contributed by atoms with Crippen molar-refractivity contribution in [2.45, 2.75) is 27.3 Å². The molecule has 0 aliphatic rings. The Morgan fingerprint density at radius 1 is 1.32 bits per heavy atom. The van der Waals surface area contributed by atoms with E-state index in [0.717, 1.165) is 16.9 Å². The van der Waals surface area contributed by atoms with Crippen LogP contribution in [0.3, 0.4) is 0 Å². The summed E-state index contributed by atoms with van der Waals surface area (Å²) in [5, 5.41) is 3.66. The summed E-state index contributed by atoms with van der Waals surface area (Å²) >= 11 is 7.03. The Labute approximate surface area is 169 Å². The molecule has 1 aromatic carbocycles. The highest BCUT2D eigenvalue weighted by Crippen LogP contribution is 2.27. The summed E-state index contributed by atoms with van der Waals surface area (Å²) in [5.41, 5.74) is 1.57. The molecule has 3 rings (SSSR count). The molecule has 0 aliphatic heterocycles. The van der Waals surface area contributed by atoms with Gasteiger partial charge in [-0.05, 0) is 50.1 Å². The minimum Gasteiger partial charge on any atom is -0.462 e. The van der Waals surface area contributed by atoms with Gasteiger partial charge in [-0.25, -0.2) is 9.78 Å². The van der Waals surface area contributed by atoms with Crippen molar-refractivity contribution in [1.82, 2.24) is 9.55 Å². The molecule has 28 heavy (non-hydrogen) atoms. The second kappa shape index (κ2) is 8.12. The lowest BCUT2D eigenvalue weighted by Gasteiger charge is -2.10. The van der Waals surface area contributed by atoms with Crippen LogP contribution < -0.4 is 10.9 Å². The average molecular weight is 420 g/mol. The second-order valence-corrected chi connectivity index (χ2v) is 7.58. The second-order valence-electron chi connectivity index (χ2n) is 6.14. The fourth-order valence-electron chi connectivity index (χ4n) is 2.77. The van der Waals surface area contributed by atoms with Crippen LogP contribution in [0.1, 0.15) is 27.7 Å². The number of rotatable bonds is 5. The third-order valence-corrected chi connectivity index (χ3v) is 5.57. The lowest BCUT2D eigenvalue weighted by Crippen LogP contribution is -2.28. The number of carbonyl (C=O) groups is 2. The number of halogens is 1. The Bertz CT molecular complexity index is 1140. The van der Waals surface area contributed by atoms with Crippen molar-refractivity contribution in [2.24, 2.45) is 0 Å². The Morgan fingerprint density at radius 3 is 2.75 bits per heavy atom. The van der Waals surface area contributed by atoms with Crippen molar-refractivity contribution in [2.75, 3.05) is 11.9 Å². The lowest BCUT2D eigenvalue weighted by molar-refractivity contribution is -0.116. The molecule has 7 nitrogen and oxygen atoms in total. The van der Waals surface area contributed by atoms with E-state index in [2.05, 4.69) is 10.3 Å². The number of aryl methyl sites for hydroxylation is 2. The quantitative estimate of drug-likeness (QED) is 0.639. The summed E-state index contributed by atoms with van der Waals surface area (Å²) in [6.07, 6.45) is 1.31. The van der Waals surface area contributed by atoms with Gasteiger partial charge in [-0.1, -0.05) is 11.6 Å². The molecule has 2 aromatic heterocycles. The molecular weight excluding hydrogens is 402 g/mol. The third kappa shape index (κ3) is 3.93. The molecule has 1 N–H and O–H groups in total. The number of ether oxygens (including phenoxy) is 1. The van der Waals surface area contributed by atoms with Crippen LogP contribution in [0.25, 0.3) is 10.2 Å². The maximum atomic E-state index is 12.8. The van der Waals surface area contributed by atoms with E-state index in [0.29, 0.717) is 31.4 Å². The van der Waals surface area contributed by atoms with Crippen LogP contribution in [-0.2, 0) is 16.1 Å². The summed E-state index contributed by atoms with van der Waals surface area (Å²) in [6.45, 7) is 5.26. The molecule has 146 valence electrons. The van der Waals surface area contributed by atoms with Crippen LogP contribution in [0.15, 0.2) is 29.3 Å². The standard InChI is InChI=1S/C19H18ClN3O4S/c1-4-27-19(26)16-11(3)15-17(28-16)21-9-23(18(15)25)8-14(24)22-13-6-5-12(20)7-10(13)2/h5-7,9H,4,8H2,1-3H3,(H,22,24). The number of benzene rings is 1. The molecule has 0 saturated heterocycles. The van der Waals surface area contributed by atoms with Crippen LogP contribution >= 0.6 is 22.9 Å². The molecular formula is C19H18ClN3O4S. The van der Waals surface area contributed by atoms with Gasteiger partial charge in [0, 0.05) is 10.7 Å². The van der Waals surface area contributed by atoms with Crippen LogP contribution in [0, 0.1) is 13.8 Å². The Kier molecular flexibility index (Phi) is 5.81. The van der Waals surface area contributed by atoms with E-state index in [-0.39, 0.29) is 24.6 Å². The topological polar surface area (TPSA) is 90.3 Å². The SMILES string of the molecule is CCOC(=O)c1sc2ncn(CC(=O)Nc3ccc(Cl)cc3C)c(=O)c2c1C. The predicted octanol–water partition coefficient (Wildman–Crippen LogP) is 3.54. The Morgan fingerprint density at radius 2 is 2.07 bits per heavy atom.